The minimum absolute atomic E-state index is 0.343. The Morgan fingerprint density at radius 3 is 2.48 bits per heavy atom. The molecule has 21 heavy (non-hydrogen) atoms. The molecule has 0 saturated carbocycles. The molecule has 2 aromatic carbocycles. The van der Waals surface area contributed by atoms with Crippen molar-refractivity contribution in [2.75, 3.05) is 0 Å². The van der Waals surface area contributed by atoms with Gasteiger partial charge >= 0.3 is 6.09 Å². The van der Waals surface area contributed by atoms with Gasteiger partial charge in [0, 0.05) is 10.8 Å². The first-order chi connectivity index (χ1) is 9.87. The first-order valence-electron chi connectivity index (χ1n) is 6.79. The number of carbonyl (C=O) groups excluding carboxylic acids is 1. The number of hydrogen-bond donors (Lipinski definition) is 0. The van der Waals surface area contributed by atoms with Gasteiger partial charge in [-0.05, 0) is 61.6 Å². The first kappa shape index (κ1) is 14.4. The van der Waals surface area contributed by atoms with Gasteiger partial charge in [-0.15, -0.1) is 0 Å². The minimum Gasteiger partial charge on any atom is -0.432 e. The summed E-state index contributed by atoms with van der Waals surface area (Å²) in [5, 5.41) is 2.15. The molecule has 0 atom stereocenters. The van der Waals surface area contributed by atoms with Crippen molar-refractivity contribution in [3.8, 4) is 0 Å². The lowest BCUT2D eigenvalue weighted by Crippen LogP contribution is -2.24. The quantitative estimate of drug-likeness (QED) is 0.417. The Morgan fingerprint density at radius 1 is 1.10 bits per heavy atom. The van der Waals surface area contributed by atoms with Crippen molar-refractivity contribution < 1.29 is 9.53 Å². The molecular formula is C17H16INO2. The maximum atomic E-state index is 12.6. The van der Waals surface area contributed by atoms with E-state index >= 15 is 0 Å². The topological polar surface area (TPSA) is 31.2 Å². The summed E-state index contributed by atoms with van der Waals surface area (Å²) in [6, 6.07) is 14.0. The Morgan fingerprint density at radius 2 is 1.76 bits per heavy atom. The average Bonchev–Trinajstić information content (AvgIpc) is 2.71. The number of aryl methyl sites for hydroxylation is 1. The Bertz CT molecular complexity index is 843. The van der Waals surface area contributed by atoms with Crippen LogP contribution in [0.25, 0.3) is 21.8 Å². The molecule has 0 spiro atoms. The van der Waals surface area contributed by atoms with E-state index in [-0.39, 0.29) is 6.09 Å². The van der Waals surface area contributed by atoms with E-state index in [1.807, 2.05) is 50.2 Å². The molecule has 3 rings (SSSR count). The number of halogens is 1. The fraction of sp³-hybridized carbons (Fsp3) is 0.235. The Hall–Kier alpha value is -1.56. The summed E-state index contributed by atoms with van der Waals surface area (Å²) in [7, 11) is 0. The van der Waals surface area contributed by atoms with Crippen molar-refractivity contribution in [3.05, 3.63) is 48.0 Å². The summed E-state index contributed by atoms with van der Waals surface area (Å²) in [4.78, 5) is 12.6. The van der Waals surface area contributed by atoms with Crippen LogP contribution in [-0.2, 0) is 4.74 Å². The molecule has 0 saturated heterocycles. The van der Waals surface area contributed by atoms with Crippen LogP contribution in [0.15, 0.2) is 42.5 Å². The number of nitrogens with zero attached hydrogens (tertiary/aromatic N) is 1. The average molecular weight is 393 g/mol. The second-order valence-electron chi connectivity index (χ2n) is 5.60. The van der Waals surface area contributed by atoms with Gasteiger partial charge in [-0.25, -0.2) is 9.36 Å². The van der Waals surface area contributed by atoms with E-state index in [1.165, 1.54) is 5.56 Å². The summed E-state index contributed by atoms with van der Waals surface area (Å²) < 4.78 is 6.65. The van der Waals surface area contributed by atoms with Crippen LogP contribution < -0.4 is 0 Å². The third-order valence-corrected chi connectivity index (χ3v) is 3.56. The lowest BCUT2D eigenvalue weighted by atomic mass is 10.1. The third-order valence-electron chi connectivity index (χ3n) is 3.34. The van der Waals surface area contributed by atoms with E-state index in [4.69, 9.17) is 4.74 Å². The van der Waals surface area contributed by atoms with Crippen LogP contribution in [0, 0.1) is 6.92 Å². The number of rotatable bonds is 1. The molecule has 3 aromatic rings. The number of para-hydroxylation sites is 1. The summed E-state index contributed by atoms with van der Waals surface area (Å²) in [5.74, 6) is 0. The van der Waals surface area contributed by atoms with Crippen LogP contribution in [0.5, 0.6) is 0 Å². The lowest BCUT2D eigenvalue weighted by Gasteiger charge is -2.18. The lowest BCUT2D eigenvalue weighted by molar-refractivity contribution is 0.110. The smallest absolute Gasteiger partial charge is 0.420 e. The van der Waals surface area contributed by atoms with E-state index in [0.717, 1.165) is 21.8 Å². The number of aromatic nitrogens is 1. The third kappa shape index (κ3) is 2.64. The number of ether oxygens (including phenoxy) is 1. The minimum atomic E-state index is -0.544. The van der Waals surface area contributed by atoms with Crippen LogP contribution in [0.4, 0.5) is 4.79 Å². The molecule has 0 N–H and O–H groups in total. The van der Waals surface area contributed by atoms with E-state index in [1.54, 1.807) is 4.57 Å². The van der Waals surface area contributed by atoms with E-state index in [2.05, 4.69) is 35.6 Å². The number of hydrogen-bond acceptors (Lipinski definition) is 2. The summed E-state index contributed by atoms with van der Waals surface area (Å²) in [6.45, 7) is 5.78. The van der Waals surface area contributed by atoms with Crippen molar-refractivity contribution in [2.24, 2.45) is 0 Å². The molecule has 0 aliphatic carbocycles. The molecule has 1 heterocycles. The molecule has 0 aliphatic rings. The number of fused-ring (bicyclic) bond motifs is 3. The fourth-order valence-corrected chi connectivity index (χ4v) is 2.73. The molecule has 0 unspecified atom stereocenters. The molecule has 108 valence electrons. The molecule has 0 fully saturated rings. The summed E-state index contributed by atoms with van der Waals surface area (Å²) in [6.07, 6.45) is -0.343. The van der Waals surface area contributed by atoms with Crippen molar-refractivity contribution in [1.82, 2.24) is 4.57 Å². The number of alkyl halides is 1. The van der Waals surface area contributed by atoms with Crippen LogP contribution in [0.3, 0.4) is 0 Å². The zero-order chi connectivity index (χ0) is 15.2. The molecule has 0 amide bonds. The van der Waals surface area contributed by atoms with Crippen molar-refractivity contribution in [2.45, 2.75) is 24.4 Å². The van der Waals surface area contributed by atoms with Crippen molar-refractivity contribution in [3.63, 3.8) is 0 Å². The Balaban J connectivity index is 2.31. The second-order valence-corrected chi connectivity index (χ2v) is 8.20. The van der Waals surface area contributed by atoms with Crippen LogP contribution in [0.2, 0.25) is 0 Å². The summed E-state index contributed by atoms with van der Waals surface area (Å²) in [5.41, 5.74) is 2.93. The SMILES string of the molecule is Cc1ccc2c(c1)c1ccccc1n2C(=O)OC(C)(C)I. The zero-order valence-corrected chi connectivity index (χ0v) is 14.3. The molecule has 0 bridgehead atoms. The maximum absolute atomic E-state index is 12.6. The highest BCUT2D eigenvalue weighted by atomic mass is 127. The largest absolute Gasteiger partial charge is 0.432 e. The van der Waals surface area contributed by atoms with Crippen LogP contribution >= 0.6 is 22.6 Å². The van der Waals surface area contributed by atoms with Gasteiger partial charge < -0.3 is 4.74 Å². The van der Waals surface area contributed by atoms with Gasteiger partial charge in [0.2, 0.25) is 0 Å². The van der Waals surface area contributed by atoms with Crippen LogP contribution in [-0.4, -0.2) is 14.3 Å². The first-order valence-corrected chi connectivity index (χ1v) is 7.87. The zero-order valence-electron chi connectivity index (χ0n) is 12.2. The molecule has 0 radical (unpaired) electrons. The van der Waals surface area contributed by atoms with Gasteiger partial charge in [0.1, 0.15) is 0 Å². The van der Waals surface area contributed by atoms with E-state index in [9.17, 15) is 4.79 Å². The van der Waals surface area contributed by atoms with Gasteiger partial charge in [-0.2, -0.15) is 0 Å². The fourth-order valence-electron chi connectivity index (χ4n) is 2.54. The molecule has 4 heteroatoms. The van der Waals surface area contributed by atoms with E-state index in [0.29, 0.717) is 0 Å². The number of benzene rings is 2. The normalized spacial score (nSPS) is 12.0. The highest BCUT2D eigenvalue weighted by Crippen LogP contribution is 2.31. The highest BCUT2D eigenvalue weighted by Gasteiger charge is 2.23. The predicted octanol–water partition coefficient (Wildman–Crippen LogP) is 5.26. The number of carbonyl (C=O) groups is 1. The Kier molecular flexibility index (Phi) is 3.43. The highest BCUT2D eigenvalue weighted by molar-refractivity contribution is 14.1. The molecule has 0 aliphatic heterocycles. The van der Waals surface area contributed by atoms with Crippen LogP contribution in [0.1, 0.15) is 19.4 Å². The van der Waals surface area contributed by atoms with Gasteiger partial charge in [0.15, 0.2) is 3.61 Å². The summed E-state index contributed by atoms with van der Waals surface area (Å²) >= 11 is 2.11. The molecular weight excluding hydrogens is 377 g/mol. The Labute approximate surface area is 137 Å². The van der Waals surface area contributed by atoms with Gasteiger partial charge in [0.05, 0.1) is 11.0 Å². The molecule has 3 nitrogen and oxygen atoms in total. The van der Waals surface area contributed by atoms with Crippen molar-refractivity contribution in [1.29, 1.82) is 0 Å². The standard InChI is InChI=1S/C17H16INO2/c1-11-8-9-15-13(10-11)12-6-4-5-7-14(12)19(15)16(20)21-17(2,3)18/h4-10H,1-3H3. The van der Waals surface area contributed by atoms with Gasteiger partial charge in [0.25, 0.3) is 0 Å². The predicted molar refractivity (Wildman–Crippen MR) is 94.2 cm³/mol. The monoisotopic (exact) mass is 393 g/mol. The maximum Gasteiger partial charge on any atom is 0.420 e. The van der Waals surface area contributed by atoms with E-state index < -0.39 is 3.61 Å². The van der Waals surface area contributed by atoms with Gasteiger partial charge in [-0.1, -0.05) is 29.8 Å². The second kappa shape index (κ2) is 5.02. The van der Waals surface area contributed by atoms with Gasteiger partial charge in [-0.3, -0.25) is 0 Å². The molecule has 1 aromatic heterocycles. The van der Waals surface area contributed by atoms with Crippen molar-refractivity contribution >= 4 is 50.5 Å².